The van der Waals surface area contributed by atoms with Crippen molar-refractivity contribution in [3.63, 3.8) is 0 Å². The lowest BCUT2D eigenvalue weighted by Crippen LogP contribution is -2.26. The van der Waals surface area contributed by atoms with Crippen molar-refractivity contribution in [1.29, 1.82) is 0 Å². The molecule has 4 aromatic rings. The van der Waals surface area contributed by atoms with E-state index in [1.807, 2.05) is 19.9 Å². The molecule has 36 heavy (non-hydrogen) atoms. The molecule has 0 spiro atoms. The van der Waals surface area contributed by atoms with Crippen molar-refractivity contribution in [3.05, 3.63) is 90.0 Å². The van der Waals surface area contributed by atoms with Crippen molar-refractivity contribution in [1.82, 2.24) is 15.0 Å². The Labute approximate surface area is 205 Å². The van der Waals surface area contributed by atoms with Gasteiger partial charge in [-0.3, -0.25) is 9.59 Å². The molecule has 0 saturated heterocycles. The predicted molar refractivity (Wildman–Crippen MR) is 132 cm³/mol. The van der Waals surface area contributed by atoms with Crippen LogP contribution >= 0.6 is 0 Å². The summed E-state index contributed by atoms with van der Waals surface area (Å²) in [7, 11) is 0. The van der Waals surface area contributed by atoms with Gasteiger partial charge >= 0.3 is 0 Å². The minimum atomic E-state index is -0.748. The Hall–Kier alpha value is -4.86. The zero-order valence-corrected chi connectivity index (χ0v) is 19.4. The topological polar surface area (TPSA) is 118 Å². The van der Waals surface area contributed by atoms with Crippen molar-refractivity contribution in [3.8, 4) is 11.6 Å². The highest BCUT2D eigenvalue weighted by molar-refractivity contribution is 6.06. The summed E-state index contributed by atoms with van der Waals surface area (Å²) >= 11 is 0. The molecule has 3 heterocycles. The van der Waals surface area contributed by atoms with Crippen molar-refractivity contribution in [2.24, 2.45) is 0 Å². The molecule has 0 radical (unpaired) electrons. The van der Waals surface area contributed by atoms with Gasteiger partial charge in [-0.05, 0) is 74.0 Å². The van der Waals surface area contributed by atoms with Gasteiger partial charge in [-0.25, -0.2) is 9.97 Å². The number of rotatable bonds is 6. The van der Waals surface area contributed by atoms with Gasteiger partial charge in [0.1, 0.15) is 11.6 Å². The fraction of sp³-hybridized carbons (Fsp3) is 0.115. The average molecular weight is 484 g/mol. The number of fused-ring (bicyclic) bond motifs is 1. The van der Waals surface area contributed by atoms with Crippen LogP contribution in [0.1, 0.15) is 29.8 Å². The Morgan fingerprint density at radius 1 is 1.06 bits per heavy atom. The molecule has 9 nitrogen and oxygen atoms in total. The lowest BCUT2D eigenvalue weighted by molar-refractivity contribution is -0.119. The Balaban J connectivity index is 1.29. The molecule has 5 rings (SSSR count). The molecule has 2 aromatic heterocycles. The smallest absolute Gasteiger partial charge is 0.260 e. The van der Waals surface area contributed by atoms with Crippen molar-refractivity contribution < 1.29 is 18.7 Å². The van der Waals surface area contributed by atoms with Crippen LogP contribution in [0.5, 0.6) is 11.6 Å². The zero-order chi connectivity index (χ0) is 25.3. The van der Waals surface area contributed by atoms with E-state index in [-0.39, 0.29) is 29.4 Å². The highest BCUT2D eigenvalue weighted by Crippen LogP contribution is 2.39. The van der Waals surface area contributed by atoms with Crippen LogP contribution in [-0.4, -0.2) is 26.8 Å². The second-order valence-electron chi connectivity index (χ2n) is 8.61. The monoisotopic (exact) mass is 484 g/mol. The van der Waals surface area contributed by atoms with Crippen LogP contribution in [0.15, 0.2) is 73.1 Å². The van der Waals surface area contributed by atoms with E-state index < -0.39 is 11.2 Å². The van der Waals surface area contributed by atoms with Gasteiger partial charge in [0.05, 0.1) is 11.6 Å². The molecule has 0 saturated carbocycles. The summed E-state index contributed by atoms with van der Waals surface area (Å²) in [6.45, 7) is 3.68. The van der Waals surface area contributed by atoms with E-state index in [0.29, 0.717) is 17.1 Å². The molecule has 2 aromatic carbocycles. The number of carbonyl (C=O) groups excluding carboxylic acids is 2. The van der Waals surface area contributed by atoms with Gasteiger partial charge in [0.2, 0.25) is 17.7 Å². The van der Waals surface area contributed by atoms with Crippen LogP contribution in [0.4, 0.5) is 27.5 Å². The molecule has 10 heteroatoms. The number of amides is 2. The minimum Gasteiger partial charge on any atom is -0.436 e. The number of carbonyl (C=O) groups is 2. The molecular formula is C26H21FN6O3. The molecule has 0 aliphatic carbocycles. The molecule has 1 aliphatic heterocycles. The largest absolute Gasteiger partial charge is 0.436 e. The van der Waals surface area contributed by atoms with Gasteiger partial charge in [-0.1, -0.05) is 6.07 Å². The quantitative estimate of drug-likeness (QED) is 0.351. The molecule has 0 unspecified atom stereocenters. The summed E-state index contributed by atoms with van der Waals surface area (Å²) in [5, 5.41) is 8.56. The van der Waals surface area contributed by atoms with Crippen molar-refractivity contribution in [2.45, 2.75) is 19.3 Å². The highest BCUT2D eigenvalue weighted by Gasteiger charge is 2.38. The van der Waals surface area contributed by atoms with E-state index in [0.717, 1.165) is 17.4 Å². The van der Waals surface area contributed by atoms with Gasteiger partial charge in [-0.15, -0.1) is 0 Å². The lowest BCUT2D eigenvalue weighted by Gasteiger charge is -2.16. The standard InChI is InChI=1S/C26H21FN6O3/c1-26(2)18-13-16(8-11-20(18)31-24(26)35)30-25-29-14-19(27)23(33-25)36-17-9-6-15(7-10-17)22(34)32-21-5-3-4-12-28-21/h3-14H,1-2H3,(H,31,35)(H,28,32,34)(H,29,30,33). The van der Waals surface area contributed by atoms with E-state index in [1.54, 1.807) is 48.7 Å². The molecule has 0 bridgehead atoms. The Kier molecular flexibility index (Phi) is 5.77. The summed E-state index contributed by atoms with van der Waals surface area (Å²) in [5.74, 6) is -0.609. The first-order valence-electron chi connectivity index (χ1n) is 11.1. The van der Waals surface area contributed by atoms with Crippen LogP contribution in [0.3, 0.4) is 0 Å². The number of hydrogen-bond acceptors (Lipinski definition) is 7. The summed E-state index contributed by atoms with van der Waals surface area (Å²) in [5.41, 5.74) is 1.93. The van der Waals surface area contributed by atoms with Crippen LogP contribution in [0.2, 0.25) is 0 Å². The number of aromatic nitrogens is 3. The second-order valence-corrected chi connectivity index (χ2v) is 8.61. The van der Waals surface area contributed by atoms with Crippen LogP contribution in [-0.2, 0) is 10.2 Å². The second kappa shape index (κ2) is 9.06. The van der Waals surface area contributed by atoms with Crippen molar-refractivity contribution in [2.75, 3.05) is 16.0 Å². The van der Waals surface area contributed by atoms with Crippen LogP contribution in [0, 0.1) is 5.82 Å². The number of hydrogen-bond donors (Lipinski definition) is 3. The van der Waals surface area contributed by atoms with Gasteiger partial charge in [0, 0.05) is 23.1 Å². The predicted octanol–water partition coefficient (Wildman–Crippen LogP) is 5.03. The van der Waals surface area contributed by atoms with Gasteiger partial charge in [0.25, 0.3) is 11.8 Å². The number of pyridine rings is 1. The maximum absolute atomic E-state index is 14.4. The minimum absolute atomic E-state index is 0.0800. The van der Waals surface area contributed by atoms with Gasteiger partial charge in [0.15, 0.2) is 0 Å². The highest BCUT2D eigenvalue weighted by atomic mass is 19.1. The first kappa shape index (κ1) is 22.9. The molecule has 0 atom stereocenters. The maximum Gasteiger partial charge on any atom is 0.260 e. The zero-order valence-electron chi connectivity index (χ0n) is 19.4. The summed E-state index contributed by atoms with van der Waals surface area (Å²) in [4.78, 5) is 36.7. The average Bonchev–Trinajstić information content (AvgIpc) is 3.10. The molecule has 180 valence electrons. The van der Waals surface area contributed by atoms with Crippen LogP contribution in [0.25, 0.3) is 0 Å². The molecule has 3 N–H and O–H groups in total. The Bertz CT molecular complexity index is 1460. The first-order valence-corrected chi connectivity index (χ1v) is 11.1. The van der Waals surface area contributed by atoms with Crippen LogP contribution < -0.4 is 20.7 Å². The third-order valence-electron chi connectivity index (χ3n) is 5.71. The normalized spacial score (nSPS) is 13.5. The summed E-state index contributed by atoms with van der Waals surface area (Å²) in [6.07, 6.45) is 2.58. The molecular weight excluding hydrogens is 463 g/mol. The summed E-state index contributed by atoms with van der Waals surface area (Å²) < 4.78 is 20.0. The fourth-order valence-electron chi connectivity index (χ4n) is 3.67. The maximum atomic E-state index is 14.4. The third kappa shape index (κ3) is 4.56. The summed E-state index contributed by atoms with van der Waals surface area (Å²) in [6, 6.07) is 16.8. The number of anilines is 4. The number of nitrogens with one attached hydrogen (secondary N) is 3. The fourth-order valence-corrected chi connectivity index (χ4v) is 3.67. The molecule has 0 fully saturated rings. The van der Waals surface area contributed by atoms with E-state index in [4.69, 9.17) is 4.74 Å². The Morgan fingerprint density at radius 2 is 1.86 bits per heavy atom. The first-order chi connectivity index (χ1) is 17.3. The number of halogens is 1. The number of nitrogens with zero attached hydrogens (tertiary/aromatic N) is 3. The Morgan fingerprint density at radius 3 is 2.61 bits per heavy atom. The molecule has 1 aliphatic rings. The van der Waals surface area contributed by atoms with E-state index >= 15 is 0 Å². The molecule has 2 amide bonds. The SMILES string of the molecule is CC1(C)C(=O)Nc2ccc(Nc3ncc(F)c(Oc4ccc(C(=O)Nc5ccccn5)cc4)n3)cc21. The van der Waals surface area contributed by atoms with E-state index in [2.05, 4.69) is 30.9 Å². The van der Waals surface area contributed by atoms with E-state index in [1.165, 1.54) is 12.1 Å². The number of benzene rings is 2. The van der Waals surface area contributed by atoms with Gasteiger partial charge < -0.3 is 20.7 Å². The third-order valence-corrected chi connectivity index (χ3v) is 5.71. The van der Waals surface area contributed by atoms with E-state index in [9.17, 15) is 14.0 Å². The lowest BCUT2D eigenvalue weighted by atomic mass is 9.86. The van der Waals surface area contributed by atoms with Gasteiger partial charge in [-0.2, -0.15) is 9.37 Å². The van der Waals surface area contributed by atoms with Crippen molar-refractivity contribution >= 4 is 35.0 Å². The number of ether oxygens (including phenoxy) is 1.